The summed E-state index contributed by atoms with van der Waals surface area (Å²) in [5.41, 5.74) is -0.546. The van der Waals surface area contributed by atoms with Gasteiger partial charge in [0.2, 0.25) is 0 Å². The van der Waals surface area contributed by atoms with Crippen LogP contribution in [0.1, 0.15) is 6.42 Å². The van der Waals surface area contributed by atoms with Gasteiger partial charge in [-0.1, -0.05) is 6.58 Å². The van der Waals surface area contributed by atoms with Gasteiger partial charge in [-0.05, 0) is 12.5 Å². The number of rotatable bonds is 6. The minimum atomic E-state index is -4.34. The normalized spacial score (nSPS) is 38.6. The van der Waals surface area contributed by atoms with Crippen LogP contribution in [-0.2, 0) is 23.1 Å². The van der Waals surface area contributed by atoms with E-state index >= 15 is 0 Å². The molecule has 0 aromatic rings. The van der Waals surface area contributed by atoms with E-state index in [4.69, 9.17) is 14.0 Å². The molecule has 2 amide bonds. The smallest absolute Gasteiger partial charge is 0.328 e. The van der Waals surface area contributed by atoms with Gasteiger partial charge in [-0.25, -0.2) is 4.79 Å². The predicted octanol–water partition coefficient (Wildman–Crippen LogP) is 0.545. The SMILES string of the molecule is C=C1C=CN(C2OC(C3CC3P(=O)(O)O)C(OP(C)(=O)O)C2OC)C(=O)N1. The van der Waals surface area contributed by atoms with Crippen molar-refractivity contribution in [2.45, 2.75) is 36.6 Å². The molecule has 0 aromatic carbocycles. The van der Waals surface area contributed by atoms with Gasteiger partial charge in [0.25, 0.3) is 0 Å². The largest absolute Gasteiger partial charge is 0.374 e. The Labute approximate surface area is 155 Å². The monoisotopic (exact) mass is 424 g/mol. The van der Waals surface area contributed by atoms with Crippen molar-refractivity contribution in [3.05, 3.63) is 24.6 Å². The van der Waals surface area contributed by atoms with Gasteiger partial charge >= 0.3 is 21.2 Å². The molecule has 13 heteroatoms. The van der Waals surface area contributed by atoms with Crippen molar-refractivity contribution >= 4 is 21.2 Å². The molecule has 1 saturated carbocycles. The van der Waals surface area contributed by atoms with Crippen LogP contribution in [0.5, 0.6) is 0 Å². The number of hydrogen-bond acceptors (Lipinski definition) is 6. The van der Waals surface area contributed by atoms with Gasteiger partial charge in [0.15, 0.2) is 6.23 Å². The Morgan fingerprint density at radius 1 is 1.33 bits per heavy atom. The van der Waals surface area contributed by atoms with Gasteiger partial charge in [-0.3, -0.25) is 18.6 Å². The fourth-order valence-electron chi connectivity index (χ4n) is 3.45. The Balaban J connectivity index is 1.89. The Bertz CT molecular complexity index is 760. The third-order valence-corrected chi connectivity index (χ3v) is 6.78. The zero-order chi connectivity index (χ0) is 20.1. The van der Waals surface area contributed by atoms with Crippen LogP contribution in [0.3, 0.4) is 0 Å². The summed E-state index contributed by atoms with van der Waals surface area (Å²) in [6.07, 6.45) is -0.842. The highest BCUT2D eigenvalue weighted by molar-refractivity contribution is 7.53. The number of amides is 2. The second kappa shape index (κ2) is 7.09. The molecule has 7 unspecified atom stereocenters. The Morgan fingerprint density at radius 2 is 2.00 bits per heavy atom. The predicted molar refractivity (Wildman–Crippen MR) is 92.7 cm³/mol. The molecule has 0 bridgehead atoms. The van der Waals surface area contributed by atoms with Gasteiger partial charge in [0.05, 0.1) is 11.8 Å². The summed E-state index contributed by atoms with van der Waals surface area (Å²) in [4.78, 5) is 41.9. The van der Waals surface area contributed by atoms with Gasteiger partial charge < -0.3 is 29.5 Å². The Hall–Kier alpha value is -1.03. The summed E-state index contributed by atoms with van der Waals surface area (Å²) in [5.74, 6) is -0.586. The van der Waals surface area contributed by atoms with Crippen molar-refractivity contribution < 1.29 is 42.6 Å². The quantitative estimate of drug-likeness (QED) is 0.447. The topological polar surface area (TPSA) is 155 Å². The number of methoxy groups -OCH3 is 1. The lowest BCUT2D eigenvalue weighted by Crippen LogP contribution is -2.50. The summed E-state index contributed by atoms with van der Waals surface area (Å²) in [6, 6.07) is -0.542. The molecule has 1 aliphatic carbocycles. The number of urea groups is 1. The zero-order valence-corrected chi connectivity index (χ0v) is 16.5. The van der Waals surface area contributed by atoms with Crippen molar-refractivity contribution in [3.8, 4) is 0 Å². The molecule has 0 aromatic heterocycles. The number of ether oxygens (including phenoxy) is 2. The maximum absolute atomic E-state index is 12.3. The van der Waals surface area contributed by atoms with E-state index in [1.54, 1.807) is 0 Å². The molecule has 3 aliphatic rings. The van der Waals surface area contributed by atoms with Crippen molar-refractivity contribution in [1.29, 1.82) is 0 Å². The molecule has 0 radical (unpaired) electrons. The van der Waals surface area contributed by atoms with E-state index in [0.717, 1.165) is 6.66 Å². The molecular weight excluding hydrogens is 402 g/mol. The lowest BCUT2D eigenvalue weighted by atomic mass is 10.1. The average molecular weight is 424 g/mol. The highest BCUT2D eigenvalue weighted by Crippen LogP contribution is 2.62. The minimum Gasteiger partial charge on any atom is -0.374 e. The van der Waals surface area contributed by atoms with Crippen LogP contribution in [-0.4, -0.2) is 69.6 Å². The van der Waals surface area contributed by atoms with Crippen LogP contribution in [0.4, 0.5) is 4.79 Å². The molecule has 2 heterocycles. The van der Waals surface area contributed by atoms with Crippen molar-refractivity contribution in [1.82, 2.24) is 10.2 Å². The molecule has 11 nitrogen and oxygen atoms in total. The van der Waals surface area contributed by atoms with Crippen LogP contribution in [0.15, 0.2) is 24.6 Å². The number of carbonyl (C=O) groups excluding carboxylic acids is 1. The fourth-order valence-corrected chi connectivity index (χ4v) is 5.33. The molecule has 4 N–H and O–H groups in total. The summed E-state index contributed by atoms with van der Waals surface area (Å²) >= 11 is 0. The first kappa shape index (κ1) is 20.7. The summed E-state index contributed by atoms with van der Waals surface area (Å²) in [7, 11) is -6.98. The van der Waals surface area contributed by atoms with E-state index in [1.807, 2.05) is 0 Å². The zero-order valence-electron chi connectivity index (χ0n) is 14.7. The molecule has 0 spiro atoms. The van der Waals surface area contributed by atoms with Crippen molar-refractivity contribution in [3.63, 3.8) is 0 Å². The van der Waals surface area contributed by atoms with Crippen molar-refractivity contribution in [2.24, 2.45) is 5.92 Å². The first-order valence-electron chi connectivity index (χ1n) is 8.11. The van der Waals surface area contributed by atoms with E-state index in [9.17, 15) is 28.6 Å². The van der Waals surface area contributed by atoms with Crippen molar-refractivity contribution in [2.75, 3.05) is 13.8 Å². The van der Waals surface area contributed by atoms with Crippen LogP contribution < -0.4 is 5.32 Å². The maximum Gasteiger partial charge on any atom is 0.328 e. The molecule has 2 aliphatic heterocycles. The third-order valence-electron chi connectivity index (χ3n) is 4.69. The number of nitrogens with one attached hydrogen (secondary N) is 1. The van der Waals surface area contributed by atoms with E-state index in [-0.39, 0.29) is 6.42 Å². The molecule has 1 saturated heterocycles. The van der Waals surface area contributed by atoms with Crippen LogP contribution in [0.25, 0.3) is 0 Å². The summed E-state index contributed by atoms with van der Waals surface area (Å²) < 4.78 is 39.9. The molecule has 7 atom stereocenters. The van der Waals surface area contributed by atoms with Crippen LogP contribution >= 0.6 is 15.2 Å². The van der Waals surface area contributed by atoms with E-state index in [2.05, 4.69) is 11.9 Å². The first-order valence-corrected chi connectivity index (χ1v) is 11.8. The highest BCUT2D eigenvalue weighted by atomic mass is 31.2. The number of nitrogens with zero attached hydrogens (tertiary/aromatic N) is 1. The Morgan fingerprint density at radius 3 is 2.48 bits per heavy atom. The van der Waals surface area contributed by atoms with Crippen LogP contribution in [0.2, 0.25) is 0 Å². The van der Waals surface area contributed by atoms with Gasteiger partial charge in [0, 0.05) is 31.6 Å². The van der Waals surface area contributed by atoms with Crippen LogP contribution in [0, 0.1) is 5.92 Å². The summed E-state index contributed by atoms with van der Waals surface area (Å²) in [5, 5.41) is 2.51. The molecular formula is C14H22N2O9P2. The second-order valence-corrected chi connectivity index (χ2v) is 10.5. The molecule has 152 valence electrons. The average Bonchev–Trinajstić information content (AvgIpc) is 3.24. The lowest BCUT2D eigenvalue weighted by Gasteiger charge is -2.31. The molecule has 2 fully saturated rings. The number of carbonyl (C=O) groups is 1. The third kappa shape index (κ3) is 4.36. The second-order valence-electron chi connectivity index (χ2n) is 6.80. The Kier molecular flexibility index (Phi) is 5.44. The minimum absolute atomic E-state index is 0.177. The van der Waals surface area contributed by atoms with Gasteiger partial charge in [-0.2, -0.15) is 0 Å². The van der Waals surface area contributed by atoms with Gasteiger partial charge in [0.1, 0.15) is 12.2 Å². The highest BCUT2D eigenvalue weighted by Gasteiger charge is 2.62. The first-order chi connectivity index (χ1) is 12.4. The molecule has 27 heavy (non-hydrogen) atoms. The number of hydrogen-bond donors (Lipinski definition) is 4. The van der Waals surface area contributed by atoms with E-state index in [1.165, 1.54) is 24.3 Å². The summed E-state index contributed by atoms with van der Waals surface area (Å²) in [6.45, 7) is 4.61. The molecule has 3 rings (SSSR count). The standard InChI is InChI=1S/C14H22N2O9P2/c1-7-4-5-16(14(17)15-7)13-12(23-2)11(25-26(3,18)19)10(24-13)8-6-9(8)27(20,21)22/h4-5,8-13H,1,6H2,2-3H3,(H,15,17)(H,18,19)(H2,20,21,22). The number of allylic oxidation sites excluding steroid dienone is 1. The van der Waals surface area contributed by atoms with E-state index in [0.29, 0.717) is 5.70 Å². The van der Waals surface area contributed by atoms with E-state index < -0.39 is 57.3 Å². The maximum atomic E-state index is 12.3. The lowest BCUT2D eigenvalue weighted by molar-refractivity contribution is -0.0681. The van der Waals surface area contributed by atoms with Gasteiger partial charge in [-0.15, -0.1) is 0 Å². The fraction of sp³-hybridized carbons (Fsp3) is 0.643.